The molecule has 0 bridgehead atoms. The highest BCUT2D eigenvalue weighted by molar-refractivity contribution is 5.94. The van der Waals surface area contributed by atoms with Crippen LogP contribution in [0.4, 0.5) is 0 Å². The zero-order valence-electron chi connectivity index (χ0n) is 12.2. The molecule has 0 atom stereocenters. The minimum atomic E-state index is -0.243. The molecule has 0 unspecified atom stereocenters. The zero-order valence-corrected chi connectivity index (χ0v) is 12.2. The van der Waals surface area contributed by atoms with Crippen LogP contribution in [0.2, 0.25) is 0 Å². The molecule has 3 N–H and O–H groups in total. The van der Waals surface area contributed by atoms with Gasteiger partial charge in [0.05, 0.1) is 18.4 Å². The van der Waals surface area contributed by atoms with Gasteiger partial charge < -0.3 is 15.0 Å². The van der Waals surface area contributed by atoms with Crippen molar-refractivity contribution in [3.05, 3.63) is 52.3 Å². The molecule has 0 saturated heterocycles. The summed E-state index contributed by atoms with van der Waals surface area (Å²) in [7, 11) is 1.60. The molecule has 110 valence electrons. The predicted molar refractivity (Wildman–Crippen MR) is 84.0 cm³/mol. The number of rotatable bonds is 5. The number of hydrogen-bond donors (Lipinski definition) is 2. The van der Waals surface area contributed by atoms with E-state index in [9.17, 15) is 4.79 Å². The number of nitrogens with one attached hydrogen (secondary N) is 1. The maximum atomic E-state index is 12.5. The first kappa shape index (κ1) is 14.8. The molecule has 1 aromatic carbocycles. The molecule has 21 heavy (non-hydrogen) atoms. The van der Waals surface area contributed by atoms with Gasteiger partial charge >= 0.3 is 0 Å². The maximum Gasteiger partial charge on any atom is 0.262 e. The van der Waals surface area contributed by atoms with Gasteiger partial charge in [0.25, 0.3) is 5.56 Å². The first-order valence-corrected chi connectivity index (χ1v) is 6.81. The van der Waals surface area contributed by atoms with E-state index >= 15 is 0 Å². The standard InChI is InChI=1S/C16H19N3O2/c1-3-10-19-13(9-8-12(15(17)18)16(19)20)11-6-4-5-7-14(11)21-2/h4-9H,3,10H2,1-2H3,(H3,17,18). The number of aromatic nitrogens is 1. The molecule has 0 aliphatic heterocycles. The second kappa shape index (κ2) is 6.26. The summed E-state index contributed by atoms with van der Waals surface area (Å²) in [6.07, 6.45) is 0.809. The van der Waals surface area contributed by atoms with Gasteiger partial charge in [-0.25, -0.2) is 0 Å². The lowest BCUT2D eigenvalue weighted by molar-refractivity contribution is 0.416. The summed E-state index contributed by atoms with van der Waals surface area (Å²) < 4.78 is 7.02. The molecule has 0 aliphatic carbocycles. The minimum Gasteiger partial charge on any atom is -0.496 e. The Kier molecular flexibility index (Phi) is 4.42. The number of nitrogens with two attached hydrogens (primary N) is 1. The number of ether oxygens (including phenoxy) is 1. The number of amidine groups is 1. The number of pyridine rings is 1. The molecular formula is C16H19N3O2. The fraction of sp³-hybridized carbons (Fsp3) is 0.250. The highest BCUT2D eigenvalue weighted by Crippen LogP contribution is 2.29. The zero-order chi connectivity index (χ0) is 15.4. The summed E-state index contributed by atoms with van der Waals surface area (Å²) in [6.45, 7) is 2.56. The van der Waals surface area contributed by atoms with Crippen LogP contribution in [0.5, 0.6) is 5.75 Å². The van der Waals surface area contributed by atoms with E-state index in [4.69, 9.17) is 15.9 Å². The molecule has 5 nitrogen and oxygen atoms in total. The number of hydrogen-bond acceptors (Lipinski definition) is 3. The topological polar surface area (TPSA) is 81.1 Å². The Hall–Kier alpha value is -2.56. The molecule has 0 saturated carbocycles. The van der Waals surface area contributed by atoms with Gasteiger partial charge in [0.1, 0.15) is 11.6 Å². The van der Waals surface area contributed by atoms with Gasteiger partial charge in [-0.1, -0.05) is 19.1 Å². The minimum absolute atomic E-state index is 0.212. The van der Waals surface area contributed by atoms with Gasteiger partial charge in [-0.05, 0) is 30.7 Å². The Labute approximate surface area is 123 Å². The molecule has 0 aliphatic rings. The highest BCUT2D eigenvalue weighted by atomic mass is 16.5. The van der Waals surface area contributed by atoms with E-state index in [1.54, 1.807) is 17.7 Å². The molecule has 1 heterocycles. The summed E-state index contributed by atoms with van der Waals surface area (Å²) in [4.78, 5) is 12.5. The molecule has 2 rings (SSSR count). The number of nitrogens with zero attached hydrogens (tertiary/aromatic N) is 1. The molecule has 0 spiro atoms. The first-order chi connectivity index (χ1) is 10.1. The van der Waals surface area contributed by atoms with Crippen LogP contribution in [-0.4, -0.2) is 17.5 Å². The largest absolute Gasteiger partial charge is 0.496 e. The van der Waals surface area contributed by atoms with Crippen molar-refractivity contribution in [2.45, 2.75) is 19.9 Å². The third-order valence-electron chi connectivity index (χ3n) is 3.29. The fourth-order valence-corrected chi connectivity index (χ4v) is 2.32. The number of para-hydroxylation sites is 1. The summed E-state index contributed by atoms with van der Waals surface area (Å²) >= 11 is 0. The Morgan fingerprint density at radius 3 is 2.62 bits per heavy atom. The van der Waals surface area contributed by atoms with Crippen LogP contribution < -0.4 is 16.0 Å². The van der Waals surface area contributed by atoms with Gasteiger partial charge in [0.2, 0.25) is 0 Å². The van der Waals surface area contributed by atoms with Crippen molar-refractivity contribution >= 4 is 5.84 Å². The van der Waals surface area contributed by atoms with Crippen molar-refractivity contribution in [1.82, 2.24) is 4.57 Å². The van der Waals surface area contributed by atoms with E-state index in [1.807, 2.05) is 37.3 Å². The van der Waals surface area contributed by atoms with Crippen LogP contribution in [-0.2, 0) is 6.54 Å². The van der Waals surface area contributed by atoms with E-state index in [-0.39, 0.29) is 17.0 Å². The van der Waals surface area contributed by atoms with Crippen LogP contribution in [0.15, 0.2) is 41.2 Å². The Bertz CT molecular complexity index is 720. The molecule has 2 aromatic rings. The van der Waals surface area contributed by atoms with Gasteiger partial charge in [0.15, 0.2) is 0 Å². The Balaban J connectivity index is 2.72. The Morgan fingerprint density at radius 2 is 2.00 bits per heavy atom. The molecule has 0 radical (unpaired) electrons. The van der Waals surface area contributed by atoms with Crippen molar-refractivity contribution in [2.24, 2.45) is 5.73 Å². The second-order valence-electron chi connectivity index (χ2n) is 4.70. The third-order valence-corrected chi connectivity index (χ3v) is 3.29. The van der Waals surface area contributed by atoms with Crippen molar-refractivity contribution in [3.63, 3.8) is 0 Å². The summed E-state index contributed by atoms with van der Waals surface area (Å²) in [5.41, 5.74) is 7.07. The summed E-state index contributed by atoms with van der Waals surface area (Å²) in [5, 5.41) is 7.50. The van der Waals surface area contributed by atoms with E-state index in [1.165, 1.54) is 0 Å². The average molecular weight is 285 g/mol. The lowest BCUT2D eigenvalue weighted by Crippen LogP contribution is -2.30. The number of methoxy groups -OCH3 is 1. The quantitative estimate of drug-likeness (QED) is 0.653. The maximum absolute atomic E-state index is 12.5. The van der Waals surface area contributed by atoms with Crippen LogP contribution in [0.3, 0.4) is 0 Å². The average Bonchev–Trinajstić information content (AvgIpc) is 2.49. The van der Waals surface area contributed by atoms with Gasteiger partial charge in [-0.3, -0.25) is 10.2 Å². The lowest BCUT2D eigenvalue weighted by atomic mass is 10.1. The van der Waals surface area contributed by atoms with Crippen molar-refractivity contribution in [3.8, 4) is 17.0 Å². The molecule has 0 amide bonds. The van der Waals surface area contributed by atoms with Crippen LogP contribution in [0.1, 0.15) is 18.9 Å². The SMILES string of the molecule is CCCn1c(-c2ccccc2OC)ccc(C(=N)N)c1=O. The normalized spacial score (nSPS) is 10.4. The summed E-state index contributed by atoms with van der Waals surface area (Å²) in [6, 6.07) is 11.0. The summed E-state index contributed by atoms with van der Waals surface area (Å²) in [5.74, 6) is 0.494. The van der Waals surface area contributed by atoms with Gasteiger partial charge in [-0.2, -0.15) is 0 Å². The highest BCUT2D eigenvalue weighted by Gasteiger charge is 2.14. The van der Waals surface area contributed by atoms with Gasteiger partial charge in [0, 0.05) is 12.1 Å². The predicted octanol–water partition coefficient (Wildman–Crippen LogP) is 2.22. The number of nitrogen functional groups attached to an aromatic ring is 1. The van der Waals surface area contributed by atoms with E-state index in [0.717, 1.165) is 17.7 Å². The molecule has 0 fully saturated rings. The fourth-order valence-electron chi connectivity index (χ4n) is 2.32. The van der Waals surface area contributed by atoms with Crippen molar-refractivity contribution in [2.75, 3.05) is 7.11 Å². The van der Waals surface area contributed by atoms with E-state index < -0.39 is 0 Å². The third kappa shape index (κ3) is 2.81. The number of benzene rings is 1. The smallest absolute Gasteiger partial charge is 0.262 e. The van der Waals surface area contributed by atoms with Gasteiger partial charge in [-0.15, -0.1) is 0 Å². The second-order valence-corrected chi connectivity index (χ2v) is 4.70. The van der Waals surface area contributed by atoms with Crippen molar-refractivity contribution < 1.29 is 4.74 Å². The molecule has 1 aromatic heterocycles. The monoisotopic (exact) mass is 285 g/mol. The lowest BCUT2D eigenvalue weighted by Gasteiger charge is -2.16. The Morgan fingerprint density at radius 1 is 1.29 bits per heavy atom. The van der Waals surface area contributed by atoms with E-state index in [0.29, 0.717) is 12.3 Å². The van der Waals surface area contributed by atoms with Crippen molar-refractivity contribution in [1.29, 1.82) is 5.41 Å². The van der Waals surface area contributed by atoms with Crippen LogP contribution in [0, 0.1) is 5.41 Å². The van der Waals surface area contributed by atoms with Crippen LogP contribution in [0.25, 0.3) is 11.3 Å². The molecular weight excluding hydrogens is 266 g/mol. The van der Waals surface area contributed by atoms with E-state index in [2.05, 4.69) is 0 Å². The first-order valence-electron chi connectivity index (χ1n) is 6.81. The van der Waals surface area contributed by atoms with Crippen LogP contribution >= 0.6 is 0 Å². The molecule has 5 heteroatoms.